The number of aliphatic carboxylic acids is 1. The lowest BCUT2D eigenvalue weighted by atomic mass is 10.1. The number of carbonyl (C=O) groups is 2. The van der Waals surface area contributed by atoms with Crippen LogP contribution in [-0.4, -0.2) is 66.2 Å². The summed E-state index contributed by atoms with van der Waals surface area (Å²) in [5.41, 5.74) is 0. The first-order valence-electron chi connectivity index (χ1n) is 7.07. The van der Waals surface area contributed by atoms with Gasteiger partial charge in [0.1, 0.15) is 6.04 Å². The molecule has 0 bridgehead atoms. The van der Waals surface area contributed by atoms with Crippen molar-refractivity contribution >= 4 is 22.1 Å². The van der Waals surface area contributed by atoms with Crippen molar-refractivity contribution in [2.75, 3.05) is 20.1 Å². The zero-order valence-electron chi connectivity index (χ0n) is 12.0. The number of amides is 1. The molecule has 1 unspecified atom stereocenters. The van der Waals surface area contributed by atoms with Crippen LogP contribution in [0.2, 0.25) is 0 Å². The number of nitrogens with one attached hydrogen (secondary N) is 1. The number of nitrogens with zero attached hydrogens (tertiary/aromatic N) is 2. The number of rotatable bonds is 6. The van der Waals surface area contributed by atoms with Crippen molar-refractivity contribution in [3.63, 3.8) is 0 Å². The summed E-state index contributed by atoms with van der Waals surface area (Å²) >= 11 is 0. The fourth-order valence-electron chi connectivity index (χ4n) is 2.39. The van der Waals surface area contributed by atoms with Gasteiger partial charge in [-0.15, -0.1) is 0 Å². The molecule has 1 aliphatic heterocycles. The van der Waals surface area contributed by atoms with Crippen LogP contribution in [0.3, 0.4) is 0 Å². The molecule has 1 atom stereocenters. The van der Waals surface area contributed by atoms with Crippen LogP contribution in [0.25, 0.3) is 0 Å². The lowest BCUT2D eigenvalue weighted by Gasteiger charge is -2.34. The molecule has 2 N–H and O–H groups in total. The van der Waals surface area contributed by atoms with E-state index in [-0.39, 0.29) is 25.0 Å². The average Bonchev–Trinajstić information content (AvgIpc) is 3.22. The smallest absolute Gasteiger partial charge is 0.322 e. The Kier molecular flexibility index (Phi) is 4.84. The van der Waals surface area contributed by atoms with Gasteiger partial charge in [0.25, 0.3) is 10.2 Å². The van der Waals surface area contributed by atoms with E-state index in [0.717, 1.165) is 21.5 Å². The molecule has 21 heavy (non-hydrogen) atoms. The summed E-state index contributed by atoms with van der Waals surface area (Å²) in [7, 11) is -2.64. The van der Waals surface area contributed by atoms with Crippen molar-refractivity contribution in [2.45, 2.75) is 44.2 Å². The highest BCUT2D eigenvalue weighted by Gasteiger charge is 2.39. The normalized spacial score (nSPS) is 24.0. The molecule has 0 aromatic heterocycles. The number of hydrogen-bond donors (Lipinski definition) is 2. The lowest BCUT2D eigenvalue weighted by Crippen LogP contribution is -2.53. The molecule has 2 rings (SSSR count). The molecule has 1 saturated heterocycles. The van der Waals surface area contributed by atoms with Crippen LogP contribution in [0, 0.1) is 0 Å². The first-order valence-corrected chi connectivity index (χ1v) is 8.47. The molecule has 0 radical (unpaired) electrons. The second-order valence-electron chi connectivity index (χ2n) is 5.57. The topological polar surface area (TPSA) is 107 Å². The zero-order valence-corrected chi connectivity index (χ0v) is 12.8. The van der Waals surface area contributed by atoms with E-state index in [9.17, 15) is 18.0 Å². The Morgan fingerprint density at radius 3 is 2.52 bits per heavy atom. The maximum absolute atomic E-state index is 12.4. The van der Waals surface area contributed by atoms with Gasteiger partial charge < -0.3 is 10.4 Å². The Labute approximate surface area is 124 Å². The van der Waals surface area contributed by atoms with Gasteiger partial charge in [-0.25, -0.2) is 0 Å². The van der Waals surface area contributed by atoms with Crippen molar-refractivity contribution in [2.24, 2.45) is 0 Å². The van der Waals surface area contributed by atoms with Gasteiger partial charge in [0.05, 0.1) is 6.54 Å². The molecule has 1 heterocycles. The molecule has 2 aliphatic rings. The number of carboxylic acids is 1. The first kappa shape index (κ1) is 16.2. The largest absolute Gasteiger partial charge is 0.480 e. The molecule has 2 fully saturated rings. The molecule has 1 saturated carbocycles. The third-order valence-electron chi connectivity index (χ3n) is 3.74. The highest BCUT2D eigenvalue weighted by atomic mass is 32.2. The number of carboxylic acid groups (broad SMARTS) is 1. The standard InChI is InChI=1S/C12H21N3O5S/c1-14(8-11(16)13-9-5-6-9)21(19,20)15-7-3-2-4-10(15)12(17)18/h9-10H,2-8H2,1H3,(H,13,16)(H,17,18). The maximum atomic E-state index is 12.4. The predicted octanol–water partition coefficient (Wildman–Crippen LogP) is -0.619. The van der Waals surface area contributed by atoms with Crippen LogP contribution >= 0.6 is 0 Å². The van der Waals surface area contributed by atoms with Crippen LogP contribution in [0.15, 0.2) is 0 Å². The van der Waals surface area contributed by atoms with E-state index < -0.39 is 22.2 Å². The lowest BCUT2D eigenvalue weighted by molar-refractivity contribution is -0.142. The third-order valence-corrected chi connectivity index (χ3v) is 5.68. The van der Waals surface area contributed by atoms with E-state index in [1.807, 2.05) is 0 Å². The summed E-state index contributed by atoms with van der Waals surface area (Å²) < 4.78 is 26.8. The summed E-state index contributed by atoms with van der Waals surface area (Å²) in [6.45, 7) is -0.116. The summed E-state index contributed by atoms with van der Waals surface area (Å²) in [6.07, 6.45) is 3.47. The average molecular weight is 319 g/mol. The van der Waals surface area contributed by atoms with Crippen molar-refractivity contribution < 1.29 is 23.1 Å². The molecule has 0 aromatic carbocycles. The molecule has 8 nitrogen and oxygen atoms in total. The second kappa shape index (κ2) is 6.29. The SMILES string of the molecule is CN(CC(=O)NC1CC1)S(=O)(=O)N1CCCCC1C(=O)O. The molecule has 9 heteroatoms. The zero-order chi connectivity index (χ0) is 15.6. The summed E-state index contributed by atoms with van der Waals surface area (Å²) in [5, 5.41) is 11.9. The maximum Gasteiger partial charge on any atom is 0.322 e. The van der Waals surface area contributed by atoms with E-state index in [1.54, 1.807) is 0 Å². The molecular weight excluding hydrogens is 298 g/mol. The second-order valence-corrected chi connectivity index (χ2v) is 7.55. The van der Waals surface area contributed by atoms with Crippen LogP contribution in [0.5, 0.6) is 0 Å². The number of hydrogen-bond acceptors (Lipinski definition) is 4. The number of likely N-dealkylation sites (N-methyl/N-ethyl adjacent to an activating group) is 1. The monoisotopic (exact) mass is 319 g/mol. The van der Waals surface area contributed by atoms with Gasteiger partial charge in [-0.1, -0.05) is 0 Å². The van der Waals surface area contributed by atoms with Gasteiger partial charge in [-0.05, 0) is 32.1 Å². The Bertz CT molecular complexity index is 517. The van der Waals surface area contributed by atoms with E-state index >= 15 is 0 Å². The highest BCUT2D eigenvalue weighted by Crippen LogP contribution is 2.22. The van der Waals surface area contributed by atoms with Crippen molar-refractivity contribution in [3.8, 4) is 0 Å². The van der Waals surface area contributed by atoms with E-state index in [0.29, 0.717) is 19.3 Å². The van der Waals surface area contributed by atoms with Crippen LogP contribution in [0.1, 0.15) is 32.1 Å². The predicted molar refractivity (Wildman–Crippen MR) is 74.7 cm³/mol. The van der Waals surface area contributed by atoms with Crippen molar-refractivity contribution in [1.29, 1.82) is 0 Å². The molecule has 0 spiro atoms. The number of piperidine rings is 1. The van der Waals surface area contributed by atoms with Crippen LogP contribution < -0.4 is 5.32 Å². The summed E-state index contributed by atoms with van der Waals surface area (Å²) in [5.74, 6) is -1.50. The first-order chi connectivity index (χ1) is 9.82. The van der Waals surface area contributed by atoms with Gasteiger partial charge in [-0.3, -0.25) is 9.59 Å². The highest BCUT2D eigenvalue weighted by molar-refractivity contribution is 7.86. The Morgan fingerprint density at radius 2 is 1.95 bits per heavy atom. The minimum atomic E-state index is -3.94. The fraction of sp³-hybridized carbons (Fsp3) is 0.833. The quantitative estimate of drug-likeness (QED) is 0.678. The minimum absolute atomic E-state index is 0.162. The van der Waals surface area contributed by atoms with Crippen LogP contribution in [0.4, 0.5) is 0 Å². The minimum Gasteiger partial charge on any atom is -0.480 e. The number of carbonyl (C=O) groups excluding carboxylic acids is 1. The Morgan fingerprint density at radius 1 is 1.29 bits per heavy atom. The molecule has 120 valence electrons. The Hall–Kier alpha value is -1.19. The Balaban J connectivity index is 2.03. The summed E-state index contributed by atoms with van der Waals surface area (Å²) in [6, 6.07) is -0.881. The van der Waals surface area contributed by atoms with Gasteiger partial charge in [0, 0.05) is 19.6 Å². The van der Waals surface area contributed by atoms with Gasteiger partial charge in [0.15, 0.2) is 0 Å². The fourth-order valence-corrected chi connectivity index (χ4v) is 3.91. The molecular formula is C12H21N3O5S. The van der Waals surface area contributed by atoms with Gasteiger partial charge >= 0.3 is 5.97 Å². The van der Waals surface area contributed by atoms with Crippen LogP contribution in [-0.2, 0) is 19.8 Å². The molecule has 1 aliphatic carbocycles. The molecule has 0 aromatic rings. The summed E-state index contributed by atoms with van der Waals surface area (Å²) in [4.78, 5) is 22.9. The van der Waals surface area contributed by atoms with E-state index in [1.165, 1.54) is 7.05 Å². The third kappa shape index (κ3) is 3.92. The van der Waals surface area contributed by atoms with E-state index in [2.05, 4.69) is 5.32 Å². The van der Waals surface area contributed by atoms with Crippen molar-refractivity contribution in [1.82, 2.24) is 13.9 Å². The van der Waals surface area contributed by atoms with Crippen molar-refractivity contribution in [3.05, 3.63) is 0 Å². The van der Waals surface area contributed by atoms with Gasteiger partial charge in [0.2, 0.25) is 5.91 Å². The van der Waals surface area contributed by atoms with Gasteiger partial charge in [-0.2, -0.15) is 17.0 Å². The molecule has 1 amide bonds. The van der Waals surface area contributed by atoms with E-state index in [4.69, 9.17) is 5.11 Å².